The topological polar surface area (TPSA) is 89.6 Å². The van der Waals surface area contributed by atoms with Crippen LogP contribution in [0.2, 0.25) is 0 Å². The van der Waals surface area contributed by atoms with Gasteiger partial charge in [-0.25, -0.2) is 0 Å². The van der Waals surface area contributed by atoms with Gasteiger partial charge >= 0.3 is 11.9 Å². The van der Waals surface area contributed by atoms with E-state index in [1.165, 1.54) is 12.8 Å². The number of fused-ring (bicyclic) bond motifs is 1. The van der Waals surface area contributed by atoms with Crippen LogP contribution in [-0.2, 0) is 14.3 Å². The number of rotatable bonds is 9. The zero-order chi connectivity index (χ0) is 16.7. The highest BCUT2D eigenvalue weighted by Crippen LogP contribution is 2.54. The third-order valence-electron chi connectivity index (χ3n) is 5.01. The molecule has 0 aromatic carbocycles. The van der Waals surface area contributed by atoms with Gasteiger partial charge in [0.2, 0.25) is 0 Å². The Morgan fingerprint density at radius 2 is 1.83 bits per heavy atom. The van der Waals surface area contributed by atoms with Crippen LogP contribution < -0.4 is 5.73 Å². The van der Waals surface area contributed by atoms with E-state index < -0.39 is 12.0 Å². The Balaban J connectivity index is 1.50. The van der Waals surface area contributed by atoms with Gasteiger partial charge in [0.25, 0.3) is 0 Å². The lowest BCUT2D eigenvalue weighted by Crippen LogP contribution is -2.29. The minimum atomic E-state index is -0.982. The molecule has 5 heteroatoms. The second-order valence-electron chi connectivity index (χ2n) is 6.62. The SMILES string of the molecule is N[C@@H](CCCCOC(=O)CCC1C2CCC#CCCC21)C(=O)O. The van der Waals surface area contributed by atoms with Gasteiger partial charge in [0.15, 0.2) is 0 Å². The summed E-state index contributed by atoms with van der Waals surface area (Å²) in [6, 6.07) is -0.818. The molecule has 0 saturated heterocycles. The fourth-order valence-electron chi connectivity index (χ4n) is 3.60. The van der Waals surface area contributed by atoms with Crippen molar-refractivity contribution >= 4 is 11.9 Å². The number of carbonyl (C=O) groups is 2. The Labute approximate surface area is 138 Å². The van der Waals surface area contributed by atoms with Crippen LogP contribution >= 0.6 is 0 Å². The molecule has 1 saturated carbocycles. The van der Waals surface area contributed by atoms with E-state index in [2.05, 4.69) is 11.8 Å². The van der Waals surface area contributed by atoms with Crippen LogP contribution in [0.25, 0.3) is 0 Å². The number of carboxylic acid groups (broad SMARTS) is 1. The van der Waals surface area contributed by atoms with Gasteiger partial charge in [0.05, 0.1) is 6.61 Å². The monoisotopic (exact) mass is 321 g/mol. The number of esters is 1. The second kappa shape index (κ2) is 8.93. The smallest absolute Gasteiger partial charge is 0.320 e. The molecule has 3 atom stereocenters. The average Bonchev–Trinajstić information content (AvgIpc) is 3.14. The molecule has 1 fully saturated rings. The normalized spacial score (nSPS) is 26.7. The lowest BCUT2D eigenvalue weighted by atomic mass is 10.1. The first kappa shape index (κ1) is 17.8. The van der Waals surface area contributed by atoms with Crippen LogP contribution in [0.15, 0.2) is 0 Å². The molecule has 2 rings (SSSR count). The summed E-state index contributed by atoms with van der Waals surface area (Å²) in [5.41, 5.74) is 5.41. The number of hydrogen-bond acceptors (Lipinski definition) is 4. The van der Waals surface area contributed by atoms with Crippen molar-refractivity contribution in [1.29, 1.82) is 0 Å². The molecule has 128 valence electrons. The molecule has 0 spiro atoms. The lowest BCUT2D eigenvalue weighted by Gasteiger charge is -2.07. The highest BCUT2D eigenvalue weighted by atomic mass is 16.5. The Morgan fingerprint density at radius 1 is 1.17 bits per heavy atom. The molecule has 0 amide bonds. The van der Waals surface area contributed by atoms with E-state index in [0.717, 1.165) is 31.1 Å². The largest absolute Gasteiger partial charge is 0.480 e. The van der Waals surface area contributed by atoms with E-state index in [0.29, 0.717) is 38.2 Å². The van der Waals surface area contributed by atoms with Gasteiger partial charge in [0.1, 0.15) is 6.04 Å². The number of hydrogen-bond donors (Lipinski definition) is 2. The van der Waals surface area contributed by atoms with Crippen molar-refractivity contribution in [2.75, 3.05) is 6.61 Å². The van der Waals surface area contributed by atoms with Gasteiger partial charge in [-0.05, 0) is 56.3 Å². The van der Waals surface area contributed by atoms with Crippen molar-refractivity contribution in [2.45, 2.75) is 63.8 Å². The summed E-state index contributed by atoms with van der Waals surface area (Å²) < 4.78 is 5.21. The number of ether oxygens (including phenoxy) is 1. The minimum absolute atomic E-state index is 0.136. The summed E-state index contributed by atoms with van der Waals surface area (Å²) in [6.07, 6.45) is 7.53. The standard InChI is InChI=1S/C18H27NO4/c19-16(18(21)22)9-5-6-12-23-17(20)11-10-15-13-7-3-1-2-4-8-14(13)15/h13-16H,3-12,19H2,(H,21,22)/t13?,14?,15?,16-/m0/s1. The van der Waals surface area contributed by atoms with Crippen LogP contribution in [0.1, 0.15) is 57.8 Å². The third-order valence-corrected chi connectivity index (χ3v) is 5.01. The maximum absolute atomic E-state index is 11.8. The maximum atomic E-state index is 11.8. The van der Waals surface area contributed by atoms with Crippen molar-refractivity contribution in [3.05, 3.63) is 0 Å². The van der Waals surface area contributed by atoms with E-state index >= 15 is 0 Å². The van der Waals surface area contributed by atoms with E-state index in [-0.39, 0.29) is 5.97 Å². The lowest BCUT2D eigenvalue weighted by molar-refractivity contribution is -0.144. The Kier molecular flexibility index (Phi) is 6.91. The molecule has 2 unspecified atom stereocenters. The first-order chi connectivity index (χ1) is 11.1. The molecule has 23 heavy (non-hydrogen) atoms. The molecule has 0 heterocycles. The maximum Gasteiger partial charge on any atom is 0.320 e. The Morgan fingerprint density at radius 3 is 2.43 bits per heavy atom. The summed E-state index contributed by atoms with van der Waals surface area (Å²) in [5, 5.41) is 8.66. The zero-order valence-corrected chi connectivity index (χ0v) is 13.6. The van der Waals surface area contributed by atoms with Crippen molar-refractivity contribution in [1.82, 2.24) is 0 Å². The predicted molar refractivity (Wildman–Crippen MR) is 86.4 cm³/mol. The van der Waals surface area contributed by atoms with Crippen LogP contribution in [0.5, 0.6) is 0 Å². The van der Waals surface area contributed by atoms with Gasteiger partial charge < -0.3 is 15.6 Å². The Hall–Kier alpha value is -1.54. The third kappa shape index (κ3) is 5.87. The molecular formula is C18H27NO4. The first-order valence-electron chi connectivity index (χ1n) is 8.69. The zero-order valence-electron chi connectivity index (χ0n) is 13.6. The Bertz CT molecular complexity index is 461. The fraction of sp³-hybridized carbons (Fsp3) is 0.778. The summed E-state index contributed by atoms with van der Waals surface area (Å²) in [4.78, 5) is 22.3. The highest BCUT2D eigenvalue weighted by Gasteiger charge is 2.48. The van der Waals surface area contributed by atoms with Crippen molar-refractivity contribution in [2.24, 2.45) is 23.5 Å². The van der Waals surface area contributed by atoms with Gasteiger partial charge in [-0.2, -0.15) is 0 Å². The highest BCUT2D eigenvalue weighted by molar-refractivity contribution is 5.72. The van der Waals surface area contributed by atoms with Crippen LogP contribution in [0, 0.1) is 29.6 Å². The van der Waals surface area contributed by atoms with Gasteiger partial charge in [-0.3, -0.25) is 9.59 Å². The minimum Gasteiger partial charge on any atom is -0.480 e. The molecule has 0 aromatic heterocycles. The molecule has 2 aliphatic rings. The van der Waals surface area contributed by atoms with Crippen LogP contribution in [0.3, 0.4) is 0 Å². The number of unbranched alkanes of at least 4 members (excludes halogenated alkanes) is 1. The molecule has 0 bridgehead atoms. The van der Waals surface area contributed by atoms with Crippen molar-refractivity contribution in [3.63, 3.8) is 0 Å². The summed E-state index contributed by atoms with van der Waals surface area (Å²) in [5.74, 6) is 7.50. The number of nitrogens with two attached hydrogens (primary N) is 1. The first-order valence-corrected chi connectivity index (χ1v) is 8.69. The van der Waals surface area contributed by atoms with E-state index in [1.54, 1.807) is 0 Å². The van der Waals surface area contributed by atoms with E-state index in [1.807, 2.05) is 0 Å². The van der Waals surface area contributed by atoms with Gasteiger partial charge in [-0.1, -0.05) is 0 Å². The molecule has 0 aliphatic heterocycles. The van der Waals surface area contributed by atoms with E-state index in [9.17, 15) is 9.59 Å². The number of carbonyl (C=O) groups excluding carboxylic acids is 1. The molecular weight excluding hydrogens is 294 g/mol. The van der Waals surface area contributed by atoms with Crippen LogP contribution in [0.4, 0.5) is 0 Å². The number of aliphatic carboxylic acids is 1. The average molecular weight is 321 g/mol. The number of carboxylic acids is 1. The summed E-state index contributed by atoms with van der Waals surface area (Å²) >= 11 is 0. The quantitative estimate of drug-likeness (QED) is 0.386. The van der Waals surface area contributed by atoms with Crippen LogP contribution in [-0.4, -0.2) is 29.7 Å². The van der Waals surface area contributed by atoms with E-state index in [4.69, 9.17) is 15.6 Å². The summed E-state index contributed by atoms with van der Waals surface area (Å²) in [6.45, 7) is 0.358. The molecule has 0 radical (unpaired) electrons. The molecule has 0 aromatic rings. The predicted octanol–water partition coefficient (Wildman–Crippen LogP) is 2.33. The second-order valence-corrected chi connectivity index (χ2v) is 6.62. The molecule has 5 nitrogen and oxygen atoms in total. The summed E-state index contributed by atoms with van der Waals surface area (Å²) in [7, 11) is 0. The fourth-order valence-corrected chi connectivity index (χ4v) is 3.60. The van der Waals surface area contributed by atoms with Gasteiger partial charge in [-0.15, -0.1) is 11.8 Å². The molecule has 2 aliphatic carbocycles. The van der Waals surface area contributed by atoms with Crippen molar-refractivity contribution < 1.29 is 19.4 Å². The van der Waals surface area contributed by atoms with Crippen molar-refractivity contribution in [3.8, 4) is 11.8 Å². The molecule has 3 N–H and O–H groups in total. The van der Waals surface area contributed by atoms with Gasteiger partial charge in [0, 0.05) is 19.3 Å².